The number of nitrogens with zero attached hydrogens (tertiary/aromatic N) is 1. The number of hydrogen-bond donors (Lipinski definition) is 0. The molecule has 0 amide bonds. The molecule has 0 aromatic carbocycles. The van der Waals surface area contributed by atoms with E-state index in [1.165, 1.54) is 0 Å². The third-order valence-electron chi connectivity index (χ3n) is 1.93. The van der Waals surface area contributed by atoms with E-state index in [-0.39, 0.29) is 5.56 Å². The highest BCUT2D eigenvalue weighted by molar-refractivity contribution is 9.11. The van der Waals surface area contributed by atoms with Crippen molar-refractivity contribution < 1.29 is 0 Å². The summed E-state index contributed by atoms with van der Waals surface area (Å²) in [5.74, 6) is 0. The Hall–Kier alpha value is -0.870. The van der Waals surface area contributed by atoms with Gasteiger partial charge in [0.15, 0.2) is 0 Å². The molecule has 2 aromatic heterocycles. The van der Waals surface area contributed by atoms with E-state index in [1.807, 2.05) is 17.5 Å². The summed E-state index contributed by atoms with van der Waals surface area (Å²) in [6, 6.07) is 3.81. The first-order valence-corrected chi connectivity index (χ1v) is 5.75. The minimum atomic E-state index is 0.0457. The van der Waals surface area contributed by atoms with Gasteiger partial charge < -0.3 is 4.57 Å². The highest BCUT2D eigenvalue weighted by atomic mass is 79.9. The van der Waals surface area contributed by atoms with Gasteiger partial charge >= 0.3 is 0 Å². The molecule has 0 aliphatic rings. The number of hydrogen-bond acceptors (Lipinski definition) is 2. The van der Waals surface area contributed by atoms with Gasteiger partial charge in [0.1, 0.15) is 0 Å². The molecule has 0 saturated carbocycles. The van der Waals surface area contributed by atoms with Crippen LogP contribution in [0.1, 0.15) is 0 Å². The van der Waals surface area contributed by atoms with Gasteiger partial charge in [-0.3, -0.25) is 4.79 Å². The van der Waals surface area contributed by atoms with Gasteiger partial charge in [-0.1, -0.05) is 22.5 Å². The summed E-state index contributed by atoms with van der Waals surface area (Å²) in [5, 5.41) is 2.71. The summed E-state index contributed by atoms with van der Waals surface area (Å²) in [4.78, 5) is 11.8. The predicted molar refractivity (Wildman–Crippen MR) is 64.2 cm³/mol. The number of pyridine rings is 1. The molecule has 2 aromatic rings. The highest BCUT2D eigenvalue weighted by Gasteiger charge is 2.03. The third-order valence-corrected chi connectivity index (χ3v) is 3.07. The molecule has 0 aliphatic carbocycles. The Kier molecular flexibility index (Phi) is 2.56. The Morgan fingerprint density at radius 3 is 3.07 bits per heavy atom. The lowest BCUT2D eigenvalue weighted by atomic mass is 10.3. The van der Waals surface area contributed by atoms with E-state index in [9.17, 15) is 4.79 Å². The molecule has 0 aliphatic heterocycles. The van der Waals surface area contributed by atoms with Crippen molar-refractivity contribution in [1.29, 1.82) is 0 Å². The van der Waals surface area contributed by atoms with Crippen molar-refractivity contribution in [3.05, 3.63) is 45.1 Å². The number of fused-ring (bicyclic) bond motifs is 1. The molecule has 0 fully saturated rings. The van der Waals surface area contributed by atoms with Gasteiger partial charge in [-0.05, 0) is 17.5 Å². The summed E-state index contributed by atoms with van der Waals surface area (Å²) >= 11 is 4.83. The normalized spacial score (nSPS) is 10.6. The van der Waals surface area contributed by atoms with E-state index >= 15 is 0 Å². The molecule has 0 saturated heterocycles. The fourth-order valence-corrected chi connectivity index (χ4v) is 2.36. The van der Waals surface area contributed by atoms with Crippen LogP contribution in [0.15, 0.2) is 39.6 Å². The monoisotopic (exact) mass is 269 g/mol. The number of aromatic nitrogens is 1. The summed E-state index contributed by atoms with van der Waals surface area (Å²) in [6.07, 6.45) is 1.80. The van der Waals surface area contributed by atoms with Crippen LogP contribution < -0.4 is 5.56 Å². The summed E-state index contributed by atoms with van der Waals surface area (Å²) in [7, 11) is 0. The Morgan fingerprint density at radius 1 is 1.57 bits per heavy atom. The second-order valence-electron chi connectivity index (χ2n) is 2.96. The summed E-state index contributed by atoms with van der Waals surface area (Å²) < 4.78 is 3.48. The quantitative estimate of drug-likeness (QED) is 0.822. The van der Waals surface area contributed by atoms with Crippen LogP contribution in [-0.2, 0) is 6.54 Å². The SMILES string of the molecule is C=C(Br)Cn1ccc2sccc2c1=O. The average Bonchev–Trinajstić information content (AvgIpc) is 2.57. The van der Waals surface area contributed by atoms with E-state index in [1.54, 1.807) is 22.1 Å². The molecule has 2 rings (SSSR count). The first-order chi connectivity index (χ1) is 6.68. The molecular formula is C10H8BrNOS. The van der Waals surface area contributed by atoms with Crippen molar-refractivity contribution >= 4 is 37.4 Å². The second kappa shape index (κ2) is 3.71. The van der Waals surface area contributed by atoms with Crippen LogP contribution in [0.25, 0.3) is 10.1 Å². The maximum atomic E-state index is 11.8. The Bertz CT molecular complexity index is 540. The minimum Gasteiger partial charge on any atom is -0.310 e. The predicted octanol–water partition coefficient (Wildman–Crippen LogP) is 2.97. The summed E-state index contributed by atoms with van der Waals surface area (Å²) in [5.41, 5.74) is 0.0457. The molecule has 0 bridgehead atoms. The molecule has 2 nitrogen and oxygen atoms in total. The van der Waals surface area contributed by atoms with E-state index in [0.29, 0.717) is 6.54 Å². The van der Waals surface area contributed by atoms with Crippen molar-refractivity contribution in [2.24, 2.45) is 0 Å². The van der Waals surface area contributed by atoms with Gasteiger partial charge in [-0.25, -0.2) is 0 Å². The van der Waals surface area contributed by atoms with Crippen molar-refractivity contribution in [3.8, 4) is 0 Å². The maximum absolute atomic E-state index is 11.8. The van der Waals surface area contributed by atoms with Gasteiger partial charge in [0.05, 0.1) is 11.9 Å². The largest absolute Gasteiger partial charge is 0.310 e. The van der Waals surface area contributed by atoms with Crippen molar-refractivity contribution in [2.45, 2.75) is 6.54 Å². The third kappa shape index (κ3) is 1.67. The number of halogens is 1. The molecule has 4 heteroatoms. The lowest BCUT2D eigenvalue weighted by Gasteiger charge is -2.03. The molecule has 0 atom stereocenters. The van der Waals surface area contributed by atoms with E-state index in [4.69, 9.17) is 0 Å². The van der Waals surface area contributed by atoms with E-state index in [0.717, 1.165) is 14.6 Å². The van der Waals surface area contributed by atoms with Crippen LogP contribution >= 0.6 is 27.3 Å². The zero-order valence-electron chi connectivity index (χ0n) is 7.37. The fraction of sp³-hybridized carbons (Fsp3) is 0.100. The molecule has 14 heavy (non-hydrogen) atoms. The first kappa shape index (κ1) is 9.68. The van der Waals surface area contributed by atoms with Crippen LogP contribution in [0.4, 0.5) is 0 Å². The molecule has 2 heterocycles. The van der Waals surface area contributed by atoms with Crippen LogP contribution in [-0.4, -0.2) is 4.57 Å². The Morgan fingerprint density at radius 2 is 2.36 bits per heavy atom. The number of allylic oxidation sites excluding steroid dienone is 1. The number of thiophene rings is 1. The fourth-order valence-electron chi connectivity index (χ4n) is 1.32. The topological polar surface area (TPSA) is 22.0 Å². The molecule has 0 spiro atoms. The van der Waals surface area contributed by atoms with Crippen LogP contribution in [0.2, 0.25) is 0 Å². The zero-order valence-corrected chi connectivity index (χ0v) is 9.77. The van der Waals surface area contributed by atoms with Gasteiger partial charge in [-0.2, -0.15) is 0 Å². The molecule has 72 valence electrons. The van der Waals surface area contributed by atoms with Gasteiger partial charge in [0.25, 0.3) is 5.56 Å². The average molecular weight is 270 g/mol. The maximum Gasteiger partial charge on any atom is 0.259 e. The van der Waals surface area contributed by atoms with E-state index < -0.39 is 0 Å². The Labute approximate surface area is 93.6 Å². The van der Waals surface area contributed by atoms with E-state index in [2.05, 4.69) is 22.5 Å². The van der Waals surface area contributed by atoms with Crippen molar-refractivity contribution in [1.82, 2.24) is 4.57 Å². The zero-order chi connectivity index (χ0) is 10.1. The number of rotatable bonds is 2. The smallest absolute Gasteiger partial charge is 0.259 e. The van der Waals surface area contributed by atoms with Gasteiger partial charge in [0, 0.05) is 15.4 Å². The van der Waals surface area contributed by atoms with Crippen molar-refractivity contribution in [2.75, 3.05) is 0 Å². The van der Waals surface area contributed by atoms with Crippen molar-refractivity contribution in [3.63, 3.8) is 0 Å². The molecule has 0 radical (unpaired) electrons. The first-order valence-electron chi connectivity index (χ1n) is 4.08. The molecule has 0 unspecified atom stereocenters. The van der Waals surface area contributed by atoms with Crippen LogP contribution in [0, 0.1) is 0 Å². The second-order valence-corrected chi connectivity index (χ2v) is 5.03. The highest BCUT2D eigenvalue weighted by Crippen LogP contribution is 2.16. The van der Waals surface area contributed by atoms with Gasteiger partial charge in [-0.15, -0.1) is 11.3 Å². The van der Waals surface area contributed by atoms with Crippen LogP contribution in [0.3, 0.4) is 0 Å². The Balaban J connectivity index is 2.62. The standard InChI is InChI=1S/C10H8BrNOS/c1-7(11)6-12-4-2-9-8(10(12)13)3-5-14-9/h2-5H,1,6H2. The lowest BCUT2D eigenvalue weighted by molar-refractivity contribution is 0.785. The molecular weight excluding hydrogens is 262 g/mol. The van der Waals surface area contributed by atoms with Crippen LogP contribution in [0.5, 0.6) is 0 Å². The summed E-state index contributed by atoms with van der Waals surface area (Å²) in [6.45, 7) is 4.24. The molecule has 0 N–H and O–H groups in total. The minimum absolute atomic E-state index is 0.0457. The van der Waals surface area contributed by atoms with Gasteiger partial charge in [0.2, 0.25) is 0 Å². The lowest BCUT2D eigenvalue weighted by Crippen LogP contribution is -2.18.